The number of pyridine rings is 1. The highest BCUT2D eigenvalue weighted by Gasteiger charge is 2.22. The van der Waals surface area contributed by atoms with Crippen LogP contribution in [0, 0.1) is 12.7 Å². The number of rotatable bonds is 7. The van der Waals surface area contributed by atoms with Gasteiger partial charge in [0.1, 0.15) is 17.9 Å². The van der Waals surface area contributed by atoms with E-state index in [4.69, 9.17) is 9.47 Å². The molecule has 0 fully saturated rings. The summed E-state index contributed by atoms with van der Waals surface area (Å²) in [6.07, 6.45) is 4.83. The average Bonchev–Trinajstić information content (AvgIpc) is 3.24. The van der Waals surface area contributed by atoms with E-state index in [1.165, 1.54) is 19.5 Å². The summed E-state index contributed by atoms with van der Waals surface area (Å²) < 4.78 is 26.5. The monoisotopic (exact) mass is 435 g/mol. The first-order valence-electron chi connectivity index (χ1n) is 10.1. The molecule has 0 saturated carbocycles. The fraction of sp³-hybridized carbons (Fsp3) is 0.217. The standard InChI is InChI=1S/C23H22FN5O3/c1-4-32-22(30)20-21-16(15-7-6-10-25-14(15)2)11-26-23(29(21)13-28-20)27-12-17-18(24)8-5-9-19(17)31-3/h5-11,13H,4,12H2,1-3H3,(H,26,27). The molecule has 0 aliphatic heterocycles. The van der Waals surface area contributed by atoms with Crippen LogP contribution in [0.25, 0.3) is 16.6 Å². The Hall–Kier alpha value is -4.01. The highest BCUT2D eigenvalue weighted by atomic mass is 19.1. The number of anilines is 1. The number of halogens is 1. The summed E-state index contributed by atoms with van der Waals surface area (Å²) in [4.78, 5) is 25.7. The summed E-state index contributed by atoms with van der Waals surface area (Å²) in [5.41, 5.74) is 3.34. The molecule has 0 bridgehead atoms. The minimum absolute atomic E-state index is 0.121. The number of methoxy groups -OCH3 is 1. The molecule has 8 nitrogen and oxygen atoms in total. The predicted octanol–water partition coefficient (Wildman–Crippen LogP) is 4.04. The van der Waals surface area contributed by atoms with Gasteiger partial charge in [-0.05, 0) is 32.0 Å². The number of nitrogens with one attached hydrogen (secondary N) is 1. The summed E-state index contributed by atoms with van der Waals surface area (Å²) in [6, 6.07) is 8.36. The Bertz CT molecular complexity index is 1290. The first-order valence-corrected chi connectivity index (χ1v) is 10.1. The second-order valence-corrected chi connectivity index (χ2v) is 6.94. The quantitative estimate of drug-likeness (QED) is 0.438. The molecule has 0 unspecified atom stereocenters. The van der Waals surface area contributed by atoms with E-state index in [0.717, 1.165) is 11.3 Å². The molecule has 4 aromatic rings. The van der Waals surface area contributed by atoms with Gasteiger partial charge in [0.05, 0.1) is 19.2 Å². The molecule has 1 aromatic carbocycles. The molecular weight excluding hydrogens is 413 g/mol. The molecule has 9 heteroatoms. The van der Waals surface area contributed by atoms with Gasteiger partial charge in [0.15, 0.2) is 5.69 Å². The number of carbonyl (C=O) groups excluding carboxylic acids is 1. The van der Waals surface area contributed by atoms with E-state index in [1.807, 2.05) is 19.1 Å². The van der Waals surface area contributed by atoms with Crippen molar-refractivity contribution in [1.82, 2.24) is 19.4 Å². The maximum absolute atomic E-state index is 14.4. The zero-order valence-electron chi connectivity index (χ0n) is 17.9. The molecule has 3 aromatic heterocycles. The Morgan fingerprint density at radius 3 is 2.75 bits per heavy atom. The number of fused-ring (bicyclic) bond motifs is 1. The van der Waals surface area contributed by atoms with Gasteiger partial charge in [0.2, 0.25) is 5.95 Å². The number of hydrogen-bond acceptors (Lipinski definition) is 7. The van der Waals surface area contributed by atoms with Crippen molar-refractivity contribution in [2.24, 2.45) is 0 Å². The lowest BCUT2D eigenvalue weighted by molar-refractivity contribution is 0.0522. The van der Waals surface area contributed by atoms with Crippen LogP contribution in [0.4, 0.5) is 10.3 Å². The molecule has 0 amide bonds. The van der Waals surface area contributed by atoms with Crippen LogP contribution >= 0.6 is 0 Å². The maximum Gasteiger partial charge on any atom is 0.359 e. The molecular formula is C23H22FN5O3. The summed E-state index contributed by atoms with van der Waals surface area (Å²) in [7, 11) is 1.49. The van der Waals surface area contributed by atoms with Crippen LogP contribution in [0.15, 0.2) is 49.1 Å². The minimum Gasteiger partial charge on any atom is -0.496 e. The van der Waals surface area contributed by atoms with Crippen LogP contribution in [0.1, 0.15) is 28.7 Å². The average molecular weight is 435 g/mol. The van der Waals surface area contributed by atoms with E-state index in [1.54, 1.807) is 35.9 Å². The molecule has 0 spiro atoms. The highest BCUT2D eigenvalue weighted by molar-refractivity contribution is 6.00. The predicted molar refractivity (Wildman–Crippen MR) is 117 cm³/mol. The van der Waals surface area contributed by atoms with Crippen molar-refractivity contribution in [3.05, 3.63) is 71.8 Å². The van der Waals surface area contributed by atoms with Crippen LogP contribution in [-0.2, 0) is 11.3 Å². The summed E-state index contributed by atoms with van der Waals surface area (Å²) in [6.45, 7) is 3.96. The fourth-order valence-electron chi connectivity index (χ4n) is 3.53. The second kappa shape index (κ2) is 9.01. The van der Waals surface area contributed by atoms with Crippen LogP contribution in [0.3, 0.4) is 0 Å². The third-order valence-electron chi connectivity index (χ3n) is 5.05. The topological polar surface area (TPSA) is 90.6 Å². The SMILES string of the molecule is CCOC(=O)c1ncn2c(NCc3c(F)cccc3OC)ncc(-c3cccnc3C)c12. The zero-order chi connectivity index (χ0) is 22.7. The Balaban J connectivity index is 1.82. The third kappa shape index (κ3) is 3.84. The molecule has 0 aliphatic carbocycles. The second-order valence-electron chi connectivity index (χ2n) is 6.94. The summed E-state index contributed by atoms with van der Waals surface area (Å²) >= 11 is 0. The van der Waals surface area contributed by atoms with Crippen LogP contribution < -0.4 is 10.1 Å². The number of benzene rings is 1. The molecule has 0 atom stereocenters. The number of aromatic nitrogens is 4. The fourth-order valence-corrected chi connectivity index (χ4v) is 3.53. The summed E-state index contributed by atoms with van der Waals surface area (Å²) in [5, 5.41) is 3.12. The Labute approximate surface area is 184 Å². The number of carbonyl (C=O) groups is 1. The van der Waals surface area contributed by atoms with Gasteiger partial charge in [-0.2, -0.15) is 0 Å². The van der Waals surface area contributed by atoms with Crippen LogP contribution in [0.5, 0.6) is 5.75 Å². The van der Waals surface area contributed by atoms with Gasteiger partial charge >= 0.3 is 5.97 Å². The van der Waals surface area contributed by atoms with E-state index in [9.17, 15) is 9.18 Å². The van der Waals surface area contributed by atoms with E-state index in [0.29, 0.717) is 28.3 Å². The lowest BCUT2D eigenvalue weighted by Gasteiger charge is -2.14. The molecule has 0 aliphatic rings. The lowest BCUT2D eigenvalue weighted by atomic mass is 10.0. The van der Waals surface area contributed by atoms with Crippen molar-refractivity contribution in [3.8, 4) is 16.9 Å². The lowest BCUT2D eigenvalue weighted by Crippen LogP contribution is -2.10. The number of hydrogen-bond donors (Lipinski definition) is 1. The smallest absolute Gasteiger partial charge is 0.359 e. The zero-order valence-corrected chi connectivity index (χ0v) is 17.9. The van der Waals surface area contributed by atoms with E-state index < -0.39 is 11.8 Å². The van der Waals surface area contributed by atoms with Gasteiger partial charge in [-0.25, -0.2) is 19.2 Å². The third-order valence-corrected chi connectivity index (χ3v) is 5.05. The van der Waals surface area contributed by atoms with Gasteiger partial charge in [0.25, 0.3) is 0 Å². The molecule has 4 rings (SSSR count). The number of ether oxygens (including phenoxy) is 2. The molecule has 0 saturated heterocycles. The Kier molecular flexibility index (Phi) is 5.98. The molecule has 164 valence electrons. The summed E-state index contributed by atoms with van der Waals surface area (Å²) in [5.74, 6) is -0.118. The Morgan fingerprint density at radius 2 is 2.00 bits per heavy atom. The van der Waals surface area contributed by atoms with Crippen molar-refractivity contribution in [1.29, 1.82) is 0 Å². The largest absolute Gasteiger partial charge is 0.496 e. The highest BCUT2D eigenvalue weighted by Crippen LogP contribution is 2.30. The van der Waals surface area contributed by atoms with E-state index >= 15 is 0 Å². The van der Waals surface area contributed by atoms with E-state index in [2.05, 4.69) is 20.3 Å². The van der Waals surface area contributed by atoms with Crippen molar-refractivity contribution in [2.75, 3.05) is 19.0 Å². The minimum atomic E-state index is -0.536. The van der Waals surface area contributed by atoms with Gasteiger partial charge < -0.3 is 14.8 Å². The number of nitrogens with zero attached hydrogens (tertiary/aromatic N) is 4. The van der Waals surface area contributed by atoms with Gasteiger partial charge in [-0.3, -0.25) is 9.38 Å². The van der Waals surface area contributed by atoms with Crippen LogP contribution in [0.2, 0.25) is 0 Å². The molecule has 32 heavy (non-hydrogen) atoms. The van der Waals surface area contributed by atoms with Crippen molar-refractivity contribution < 1.29 is 18.7 Å². The number of imidazole rings is 1. The van der Waals surface area contributed by atoms with Crippen molar-refractivity contribution >= 4 is 17.4 Å². The molecule has 1 N–H and O–H groups in total. The van der Waals surface area contributed by atoms with Crippen molar-refractivity contribution in [2.45, 2.75) is 20.4 Å². The first-order chi connectivity index (χ1) is 15.5. The van der Waals surface area contributed by atoms with Crippen LogP contribution in [-0.4, -0.2) is 39.0 Å². The van der Waals surface area contributed by atoms with E-state index in [-0.39, 0.29) is 18.8 Å². The van der Waals surface area contributed by atoms with Gasteiger partial charge in [-0.1, -0.05) is 12.1 Å². The number of aryl methyl sites for hydroxylation is 1. The first kappa shape index (κ1) is 21.2. The normalized spacial score (nSPS) is 10.9. The molecule has 0 radical (unpaired) electrons. The molecule has 3 heterocycles. The number of esters is 1. The maximum atomic E-state index is 14.4. The van der Waals surface area contributed by atoms with Gasteiger partial charge in [-0.15, -0.1) is 0 Å². The van der Waals surface area contributed by atoms with Gasteiger partial charge in [0, 0.05) is 41.3 Å². The Morgan fingerprint density at radius 1 is 1.16 bits per heavy atom. The van der Waals surface area contributed by atoms with Crippen molar-refractivity contribution in [3.63, 3.8) is 0 Å².